The Morgan fingerprint density at radius 1 is 1.38 bits per heavy atom. The number of carbonyl (C=O) groups excluding carboxylic acids is 2. The molecular weight excluding hydrogens is 298 g/mol. The second kappa shape index (κ2) is 6.78. The smallest absolute Gasteiger partial charge is 0.408 e. The van der Waals surface area contributed by atoms with E-state index < -0.39 is 29.8 Å². The average Bonchev–Trinajstić information content (AvgIpc) is 2.32. The molecule has 0 spiro atoms. The minimum Gasteiger partial charge on any atom is -0.548 e. The monoisotopic (exact) mass is 314 g/mol. The molecule has 6 nitrogen and oxygen atoms in total. The summed E-state index contributed by atoms with van der Waals surface area (Å²) in [5, 5.41) is 23.6. The van der Waals surface area contributed by atoms with Crippen LogP contribution in [0.3, 0.4) is 0 Å². The van der Waals surface area contributed by atoms with Crippen molar-refractivity contribution in [3.63, 3.8) is 0 Å². The van der Waals surface area contributed by atoms with Crippen LogP contribution >= 0.6 is 11.6 Å². The third-order valence-corrected chi connectivity index (χ3v) is 2.67. The molecule has 0 aliphatic rings. The number of hydrogen-bond donors (Lipinski definition) is 2. The SMILES string of the molecule is CC(C)(C)OC(=O)N[C@@H](C(=O)[O-])[C@H](O)c1cccc(Cl)c1. The molecule has 0 heterocycles. The zero-order valence-corrected chi connectivity index (χ0v) is 12.7. The molecule has 1 aromatic carbocycles. The molecule has 7 heteroatoms. The quantitative estimate of drug-likeness (QED) is 0.864. The number of rotatable bonds is 4. The van der Waals surface area contributed by atoms with Gasteiger partial charge in [0.25, 0.3) is 0 Å². The van der Waals surface area contributed by atoms with Crippen molar-refractivity contribution in [1.29, 1.82) is 0 Å². The van der Waals surface area contributed by atoms with E-state index in [2.05, 4.69) is 5.32 Å². The highest BCUT2D eigenvalue weighted by Crippen LogP contribution is 2.21. The molecule has 1 aromatic rings. The van der Waals surface area contributed by atoms with Crippen LogP contribution in [-0.4, -0.2) is 28.8 Å². The summed E-state index contributed by atoms with van der Waals surface area (Å²) < 4.78 is 4.95. The van der Waals surface area contributed by atoms with E-state index in [0.717, 1.165) is 0 Å². The van der Waals surface area contributed by atoms with Crippen molar-refractivity contribution >= 4 is 23.7 Å². The van der Waals surface area contributed by atoms with Crippen molar-refractivity contribution in [1.82, 2.24) is 5.32 Å². The molecular formula is C14H17ClNO5-. The Morgan fingerprint density at radius 2 is 2.00 bits per heavy atom. The Bertz CT molecular complexity index is 526. The van der Waals surface area contributed by atoms with Gasteiger partial charge in [-0.15, -0.1) is 0 Å². The zero-order valence-electron chi connectivity index (χ0n) is 11.9. The van der Waals surface area contributed by atoms with Crippen molar-refractivity contribution in [3.05, 3.63) is 34.9 Å². The van der Waals surface area contributed by atoms with Gasteiger partial charge in [0, 0.05) is 5.02 Å². The highest BCUT2D eigenvalue weighted by atomic mass is 35.5. The second-order valence-electron chi connectivity index (χ2n) is 5.44. The summed E-state index contributed by atoms with van der Waals surface area (Å²) in [5.41, 5.74) is -0.547. The Balaban J connectivity index is 2.87. The van der Waals surface area contributed by atoms with Gasteiger partial charge in [-0.1, -0.05) is 23.7 Å². The highest BCUT2D eigenvalue weighted by Gasteiger charge is 2.26. The fourth-order valence-corrected chi connectivity index (χ4v) is 1.78. The summed E-state index contributed by atoms with van der Waals surface area (Å²) in [6.45, 7) is 4.90. The van der Waals surface area contributed by atoms with E-state index in [-0.39, 0.29) is 5.56 Å². The molecule has 1 rings (SSSR count). The molecule has 0 bridgehead atoms. The van der Waals surface area contributed by atoms with Crippen molar-refractivity contribution < 1.29 is 24.5 Å². The average molecular weight is 315 g/mol. The third-order valence-electron chi connectivity index (χ3n) is 2.43. The van der Waals surface area contributed by atoms with E-state index in [1.54, 1.807) is 32.9 Å². The van der Waals surface area contributed by atoms with Gasteiger partial charge in [-0.05, 0) is 38.5 Å². The van der Waals surface area contributed by atoms with E-state index in [4.69, 9.17) is 16.3 Å². The van der Waals surface area contributed by atoms with Crippen LogP contribution in [0.15, 0.2) is 24.3 Å². The minimum absolute atomic E-state index is 0.243. The lowest BCUT2D eigenvalue weighted by Crippen LogP contribution is -2.52. The Labute approximate surface area is 127 Å². The molecule has 0 aliphatic heterocycles. The summed E-state index contributed by atoms with van der Waals surface area (Å²) in [4.78, 5) is 22.7. The van der Waals surface area contributed by atoms with E-state index in [9.17, 15) is 19.8 Å². The van der Waals surface area contributed by atoms with E-state index >= 15 is 0 Å². The molecule has 0 aromatic heterocycles. The third kappa shape index (κ3) is 5.61. The summed E-state index contributed by atoms with van der Waals surface area (Å²) in [6.07, 6.45) is -2.47. The highest BCUT2D eigenvalue weighted by molar-refractivity contribution is 6.30. The predicted molar refractivity (Wildman–Crippen MR) is 74.6 cm³/mol. The van der Waals surface area contributed by atoms with Gasteiger partial charge in [-0.25, -0.2) is 4.79 Å². The van der Waals surface area contributed by atoms with E-state index in [1.165, 1.54) is 12.1 Å². The van der Waals surface area contributed by atoms with Crippen LogP contribution in [0.2, 0.25) is 5.02 Å². The molecule has 0 saturated carbocycles. The van der Waals surface area contributed by atoms with Gasteiger partial charge in [-0.2, -0.15) is 0 Å². The van der Waals surface area contributed by atoms with E-state index in [1.807, 2.05) is 0 Å². The molecule has 0 unspecified atom stereocenters. The Kier molecular flexibility index (Phi) is 5.57. The van der Waals surface area contributed by atoms with Crippen LogP contribution in [0.1, 0.15) is 32.4 Å². The molecule has 2 N–H and O–H groups in total. The fourth-order valence-electron chi connectivity index (χ4n) is 1.58. The molecule has 116 valence electrons. The maximum Gasteiger partial charge on any atom is 0.408 e. The number of nitrogens with one attached hydrogen (secondary N) is 1. The molecule has 2 atom stereocenters. The zero-order chi connectivity index (χ0) is 16.2. The number of hydrogen-bond acceptors (Lipinski definition) is 5. The molecule has 0 radical (unpaired) electrons. The van der Waals surface area contributed by atoms with Crippen LogP contribution < -0.4 is 10.4 Å². The first-order chi connectivity index (χ1) is 9.60. The van der Waals surface area contributed by atoms with Gasteiger partial charge >= 0.3 is 6.09 Å². The van der Waals surface area contributed by atoms with Gasteiger partial charge in [0.05, 0.1) is 5.97 Å². The number of amides is 1. The van der Waals surface area contributed by atoms with Crippen molar-refractivity contribution in [3.8, 4) is 0 Å². The number of benzene rings is 1. The van der Waals surface area contributed by atoms with Crippen molar-refractivity contribution in [2.45, 2.75) is 38.5 Å². The molecule has 0 fully saturated rings. The lowest BCUT2D eigenvalue weighted by Gasteiger charge is -2.27. The number of carbonyl (C=O) groups is 2. The second-order valence-corrected chi connectivity index (χ2v) is 5.88. The lowest BCUT2D eigenvalue weighted by molar-refractivity contribution is -0.310. The topological polar surface area (TPSA) is 98.7 Å². The van der Waals surface area contributed by atoms with Crippen LogP contribution in [0.25, 0.3) is 0 Å². The van der Waals surface area contributed by atoms with E-state index in [0.29, 0.717) is 5.02 Å². The number of aliphatic hydroxyl groups is 1. The van der Waals surface area contributed by atoms with Gasteiger partial charge in [0.1, 0.15) is 17.7 Å². The summed E-state index contributed by atoms with van der Waals surface area (Å²) in [5.74, 6) is -1.63. The summed E-state index contributed by atoms with van der Waals surface area (Å²) >= 11 is 5.78. The summed E-state index contributed by atoms with van der Waals surface area (Å²) in [7, 11) is 0. The number of aliphatic hydroxyl groups excluding tert-OH is 1. The first kappa shape index (κ1) is 17.3. The predicted octanol–water partition coefficient (Wildman–Crippen LogP) is 1.02. The molecule has 0 saturated heterocycles. The normalized spacial score (nSPS) is 14.1. The van der Waals surface area contributed by atoms with Crippen molar-refractivity contribution in [2.24, 2.45) is 0 Å². The van der Waals surface area contributed by atoms with Gasteiger partial charge in [-0.3, -0.25) is 0 Å². The molecule has 0 aliphatic carbocycles. The van der Waals surface area contributed by atoms with Crippen LogP contribution in [0.4, 0.5) is 4.79 Å². The van der Waals surface area contributed by atoms with Crippen molar-refractivity contribution in [2.75, 3.05) is 0 Å². The standard InChI is InChI=1S/C14H18ClNO5/c1-14(2,3)21-13(20)16-10(12(18)19)11(17)8-5-4-6-9(15)7-8/h4-7,10-11,17H,1-3H3,(H,16,20)(H,18,19)/p-1/t10-,11-/m1/s1. The summed E-state index contributed by atoms with van der Waals surface area (Å²) in [6, 6.07) is 4.37. The Morgan fingerprint density at radius 3 is 2.48 bits per heavy atom. The maximum absolute atomic E-state index is 11.6. The fraction of sp³-hybridized carbons (Fsp3) is 0.429. The Hall–Kier alpha value is -1.79. The van der Waals surface area contributed by atoms with Crippen LogP contribution in [0.5, 0.6) is 0 Å². The lowest BCUT2D eigenvalue weighted by atomic mass is 10.0. The van der Waals surface area contributed by atoms with Gasteiger partial charge < -0.3 is 25.1 Å². The maximum atomic E-state index is 11.6. The first-order valence-electron chi connectivity index (χ1n) is 6.24. The number of ether oxygens (including phenoxy) is 1. The van der Waals surface area contributed by atoms with Gasteiger partial charge in [0.2, 0.25) is 0 Å². The van der Waals surface area contributed by atoms with Gasteiger partial charge in [0.15, 0.2) is 0 Å². The van der Waals surface area contributed by atoms with Crippen LogP contribution in [-0.2, 0) is 9.53 Å². The number of carboxylic acids is 1. The van der Waals surface area contributed by atoms with Crippen LogP contribution in [0, 0.1) is 0 Å². The molecule has 21 heavy (non-hydrogen) atoms. The number of aliphatic carboxylic acids is 1. The number of carboxylic acid groups (broad SMARTS) is 1. The number of halogens is 1. The molecule has 1 amide bonds. The first-order valence-corrected chi connectivity index (χ1v) is 6.62. The number of alkyl carbamates (subject to hydrolysis) is 1. The minimum atomic E-state index is -1.65. The largest absolute Gasteiger partial charge is 0.548 e.